The van der Waals surface area contributed by atoms with Crippen LogP contribution >= 0.6 is 0 Å². The molecule has 0 radical (unpaired) electrons. The molecule has 6 heteroatoms. The fraction of sp³-hybridized carbons (Fsp3) is 0.550. The molecule has 4 rings (SSSR count). The molecule has 1 saturated carbocycles. The smallest absolute Gasteiger partial charge is 0.343 e. The first-order valence-corrected chi connectivity index (χ1v) is 9.00. The molecule has 2 aliphatic carbocycles. The van der Waals surface area contributed by atoms with Crippen molar-refractivity contribution in [2.24, 2.45) is 17.8 Å². The summed E-state index contributed by atoms with van der Waals surface area (Å²) >= 11 is 0. The van der Waals surface area contributed by atoms with Crippen LogP contribution in [0.3, 0.4) is 0 Å². The lowest BCUT2D eigenvalue weighted by Gasteiger charge is -2.40. The van der Waals surface area contributed by atoms with E-state index in [0.717, 1.165) is 6.42 Å². The molecular formula is C20H22O6. The summed E-state index contributed by atoms with van der Waals surface area (Å²) in [5.41, 5.74) is -0.986. The molecule has 1 aromatic heterocycles. The zero-order chi connectivity index (χ0) is 18.6. The molecule has 1 aliphatic heterocycles. The van der Waals surface area contributed by atoms with Gasteiger partial charge >= 0.3 is 5.63 Å². The number of fused-ring (bicyclic) bond motifs is 3. The highest BCUT2D eigenvalue weighted by atomic mass is 16.7. The maximum atomic E-state index is 12.5. The summed E-state index contributed by atoms with van der Waals surface area (Å²) in [7, 11) is 0. The molecule has 0 bridgehead atoms. The van der Waals surface area contributed by atoms with Crippen LogP contribution in [0.4, 0.5) is 0 Å². The van der Waals surface area contributed by atoms with Crippen molar-refractivity contribution in [3.8, 4) is 5.75 Å². The third kappa shape index (κ3) is 2.47. The van der Waals surface area contributed by atoms with E-state index < -0.39 is 23.2 Å². The largest absolute Gasteiger partial charge is 0.463 e. The average Bonchev–Trinajstić information content (AvgIpc) is 3.04. The molecular weight excluding hydrogens is 336 g/mol. The van der Waals surface area contributed by atoms with E-state index in [-0.39, 0.29) is 30.0 Å². The molecule has 26 heavy (non-hydrogen) atoms. The minimum Gasteiger partial charge on any atom is -0.463 e. The number of carbonyl (C=O) groups excluding carboxylic acids is 2. The Morgan fingerprint density at radius 1 is 1.31 bits per heavy atom. The molecule has 0 saturated heterocycles. The SMILES string of the molecule is Cc1cc2c(c(=O)o1)[C@]1(C)C=CC(=O)[C@@H]1[C@H](OC[C@H]1C(=O)CC[C@@H]1C)O2. The van der Waals surface area contributed by atoms with E-state index in [9.17, 15) is 14.4 Å². The maximum Gasteiger partial charge on any atom is 0.343 e. The van der Waals surface area contributed by atoms with Crippen molar-refractivity contribution in [2.75, 3.05) is 6.61 Å². The number of aryl methyl sites for hydroxylation is 1. The van der Waals surface area contributed by atoms with Crippen LogP contribution in [-0.4, -0.2) is 24.5 Å². The van der Waals surface area contributed by atoms with Gasteiger partial charge in [0.2, 0.25) is 6.29 Å². The van der Waals surface area contributed by atoms with E-state index in [2.05, 4.69) is 0 Å². The van der Waals surface area contributed by atoms with Crippen molar-refractivity contribution in [2.45, 2.75) is 45.3 Å². The third-order valence-corrected chi connectivity index (χ3v) is 6.03. The molecule has 138 valence electrons. The molecule has 2 heterocycles. The van der Waals surface area contributed by atoms with E-state index in [0.29, 0.717) is 23.5 Å². The summed E-state index contributed by atoms with van der Waals surface area (Å²) < 4.78 is 17.1. The first-order valence-electron chi connectivity index (χ1n) is 9.00. The van der Waals surface area contributed by atoms with Gasteiger partial charge in [0.15, 0.2) is 5.78 Å². The van der Waals surface area contributed by atoms with E-state index in [1.165, 1.54) is 6.08 Å². The lowest BCUT2D eigenvalue weighted by Crippen LogP contribution is -2.50. The Morgan fingerprint density at radius 2 is 2.08 bits per heavy atom. The van der Waals surface area contributed by atoms with Crippen molar-refractivity contribution in [3.63, 3.8) is 0 Å². The van der Waals surface area contributed by atoms with Crippen molar-refractivity contribution in [3.05, 3.63) is 40.0 Å². The second kappa shape index (κ2) is 5.91. The van der Waals surface area contributed by atoms with Gasteiger partial charge in [-0.05, 0) is 25.3 Å². The standard InChI is InChI=1S/C20H22O6/c1-10-4-5-13(21)12(10)9-24-19-16-14(22)6-7-20(16,3)17-15(26-19)8-11(2)25-18(17)23/h6-8,10,12,16,19H,4-5,9H2,1-3H3/t10-,12+,16+,19+,20+/m0/s1. The predicted molar refractivity (Wildman–Crippen MR) is 92.0 cm³/mol. The summed E-state index contributed by atoms with van der Waals surface area (Å²) in [5.74, 6) is 0.301. The number of hydrogen-bond donors (Lipinski definition) is 0. The van der Waals surface area contributed by atoms with Crippen molar-refractivity contribution >= 4 is 11.6 Å². The van der Waals surface area contributed by atoms with Gasteiger partial charge in [-0.25, -0.2) is 4.79 Å². The first kappa shape index (κ1) is 17.2. The molecule has 0 unspecified atom stereocenters. The van der Waals surface area contributed by atoms with Crippen LogP contribution in [0.25, 0.3) is 0 Å². The van der Waals surface area contributed by atoms with Crippen LogP contribution in [0.2, 0.25) is 0 Å². The molecule has 0 amide bonds. The summed E-state index contributed by atoms with van der Waals surface area (Å²) in [6.07, 6.45) is 3.81. The number of rotatable bonds is 3. The van der Waals surface area contributed by atoms with Gasteiger partial charge in [0, 0.05) is 23.8 Å². The van der Waals surface area contributed by atoms with E-state index in [1.54, 1.807) is 19.1 Å². The zero-order valence-corrected chi connectivity index (χ0v) is 15.1. The highest BCUT2D eigenvalue weighted by Crippen LogP contribution is 2.48. The number of carbonyl (C=O) groups is 2. The second-order valence-electron chi connectivity index (χ2n) is 7.79. The van der Waals surface area contributed by atoms with Gasteiger partial charge in [-0.3, -0.25) is 9.59 Å². The minimum atomic E-state index is -0.838. The Labute approximate surface area is 151 Å². The van der Waals surface area contributed by atoms with Crippen molar-refractivity contribution < 1.29 is 23.5 Å². The molecule has 3 aliphatic rings. The van der Waals surface area contributed by atoms with Gasteiger partial charge in [-0.15, -0.1) is 0 Å². The zero-order valence-electron chi connectivity index (χ0n) is 15.1. The molecule has 5 atom stereocenters. The highest BCUT2D eigenvalue weighted by Gasteiger charge is 2.54. The Hall–Kier alpha value is -2.21. The molecule has 6 nitrogen and oxygen atoms in total. The lowest BCUT2D eigenvalue weighted by atomic mass is 9.72. The summed E-state index contributed by atoms with van der Waals surface area (Å²) in [4.78, 5) is 37.0. The molecule has 0 N–H and O–H groups in total. The fourth-order valence-corrected chi connectivity index (χ4v) is 4.43. The average molecular weight is 358 g/mol. The minimum absolute atomic E-state index is 0.145. The predicted octanol–water partition coefficient (Wildman–Crippen LogP) is 2.31. The van der Waals surface area contributed by atoms with Crippen LogP contribution in [0.5, 0.6) is 5.75 Å². The monoisotopic (exact) mass is 358 g/mol. The van der Waals surface area contributed by atoms with Gasteiger partial charge < -0.3 is 13.9 Å². The van der Waals surface area contributed by atoms with Gasteiger partial charge in [-0.1, -0.05) is 19.9 Å². The van der Waals surface area contributed by atoms with Gasteiger partial charge in [0.25, 0.3) is 0 Å². The Bertz CT molecular complexity index is 866. The van der Waals surface area contributed by atoms with E-state index in [4.69, 9.17) is 13.9 Å². The molecule has 0 aromatic carbocycles. The third-order valence-electron chi connectivity index (χ3n) is 6.03. The number of allylic oxidation sites excluding steroid dienone is 2. The van der Waals surface area contributed by atoms with E-state index >= 15 is 0 Å². The number of ether oxygens (including phenoxy) is 2. The van der Waals surface area contributed by atoms with Gasteiger partial charge in [-0.2, -0.15) is 0 Å². The maximum absolute atomic E-state index is 12.5. The van der Waals surface area contributed by atoms with Crippen molar-refractivity contribution in [1.82, 2.24) is 0 Å². The normalized spacial score (nSPS) is 35.3. The Balaban J connectivity index is 1.67. The van der Waals surface area contributed by atoms with Gasteiger partial charge in [0.05, 0.1) is 18.1 Å². The van der Waals surface area contributed by atoms with E-state index in [1.807, 2.05) is 13.8 Å². The number of Topliss-reactive ketones (excluding diaryl/α,β-unsaturated/α-hetero) is 1. The molecule has 1 fully saturated rings. The molecule has 0 spiro atoms. The van der Waals surface area contributed by atoms with Crippen LogP contribution < -0.4 is 10.4 Å². The second-order valence-corrected chi connectivity index (χ2v) is 7.79. The quantitative estimate of drug-likeness (QED) is 0.825. The first-order chi connectivity index (χ1) is 12.3. The van der Waals surface area contributed by atoms with Crippen LogP contribution in [0.1, 0.15) is 38.0 Å². The van der Waals surface area contributed by atoms with Crippen LogP contribution in [0.15, 0.2) is 27.4 Å². The van der Waals surface area contributed by atoms with Crippen molar-refractivity contribution in [1.29, 1.82) is 0 Å². The summed E-state index contributed by atoms with van der Waals surface area (Å²) in [5, 5.41) is 0. The summed E-state index contributed by atoms with van der Waals surface area (Å²) in [6, 6.07) is 1.65. The Kier molecular flexibility index (Phi) is 3.91. The number of ketones is 2. The summed E-state index contributed by atoms with van der Waals surface area (Å²) in [6.45, 7) is 5.76. The Morgan fingerprint density at radius 3 is 2.77 bits per heavy atom. The topological polar surface area (TPSA) is 82.8 Å². The highest BCUT2D eigenvalue weighted by molar-refractivity contribution is 5.97. The number of hydrogen-bond acceptors (Lipinski definition) is 6. The van der Waals surface area contributed by atoms with Crippen LogP contribution in [0, 0.1) is 24.7 Å². The fourth-order valence-electron chi connectivity index (χ4n) is 4.43. The molecule has 1 aromatic rings. The lowest BCUT2D eigenvalue weighted by molar-refractivity contribution is -0.160. The van der Waals surface area contributed by atoms with Crippen LogP contribution in [-0.2, 0) is 19.7 Å². The van der Waals surface area contributed by atoms with Gasteiger partial charge in [0.1, 0.15) is 17.3 Å².